The molecule has 7 heteroatoms. The molecule has 1 aliphatic heterocycles. The molecule has 0 spiro atoms. The van der Waals surface area contributed by atoms with Crippen LogP contribution in [0.4, 0.5) is 0 Å². The third-order valence-electron chi connectivity index (χ3n) is 6.47. The molecule has 2 heterocycles. The van der Waals surface area contributed by atoms with E-state index in [1.165, 1.54) is 12.0 Å². The van der Waals surface area contributed by atoms with Gasteiger partial charge in [-0.15, -0.1) is 0 Å². The fourth-order valence-corrected chi connectivity index (χ4v) is 5.72. The second-order valence-corrected chi connectivity index (χ2v) is 10.5. The van der Waals surface area contributed by atoms with Gasteiger partial charge in [0.05, 0.1) is 34.3 Å². The number of benzene rings is 2. The molecule has 3 aromatic rings. The maximum atomic E-state index is 13.1. The Bertz CT molecular complexity index is 1250. The van der Waals surface area contributed by atoms with Crippen molar-refractivity contribution in [1.29, 1.82) is 0 Å². The second kappa shape index (κ2) is 12.1. The van der Waals surface area contributed by atoms with Crippen LogP contribution < -0.4 is 5.32 Å². The van der Waals surface area contributed by atoms with Crippen LogP contribution >= 0.6 is 0 Å². The summed E-state index contributed by atoms with van der Waals surface area (Å²) in [5.74, 6) is 0.365. The van der Waals surface area contributed by atoms with Gasteiger partial charge in [0.1, 0.15) is 0 Å². The Kier molecular flexibility index (Phi) is 8.67. The van der Waals surface area contributed by atoms with E-state index in [2.05, 4.69) is 21.3 Å². The van der Waals surface area contributed by atoms with Crippen molar-refractivity contribution >= 4 is 28.5 Å². The van der Waals surface area contributed by atoms with E-state index in [1.807, 2.05) is 62.4 Å². The minimum absolute atomic E-state index is 0.167. The van der Waals surface area contributed by atoms with Crippen LogP contribution in [-0.4, -0.2) is 37.3 Å². The third kappa shape index (κ3) is 6.09. The van der Waals surface area contributed by atoms with E-state index in [9.17, 15) is 9.00 Å². The summed E-state index contributed by atoms with van der Waals surface area (Å²) in [4.78, 5) is 13.1. The molecule has 2 aromatic carbocycles. The zero-order valence-electron chi connectivity index (χ0n) is 21.1. The smallest absolute Gasteiger partial charge is 0.251 e. The summed E-state index contributed by atoms with van der Waals surface area (Å²) in [7, 11) is -0.980. The summed E-state index contributed by atoms with van der Waals surface area (Å²) in [6.45, 7) is 10.1. The number of nitrogens with zero attached hydrogens (tertiary/aromatic N) is 3. The number of aromatic nitrogens is 2. The first-order chi connectivity index (χ1) is 17.5. The lowest BCUT2D eigenvalue weighted by molar-refractivity contribution is -0.115. The van der Waals surface area contributed by atoms with Gasteiger partial charge in [0.2, 0.25) is 0 Å². The van der Waals surface area contributed by atoms with Crippen molar-refractivity contribution < 1.29 is 9.00 Å². The van der Waals surface area contributed by atoms with Gasteiger partial charge in [0.15, 0.2) is 0 Å². The highest BCUT2D eigenvalue weighted by Crippen LogP contribution is 2.24. The molecule has 1 fully saturated rings. The quantitative estimate of drug-likeness (QED) is 0.409. The van der Waals surface area contributed by atoms with Crippen LogP contribution in [0.25, 0.3) is 17.3 Å². The first-order valence-corrected chi connectivity index (χ1v) is 13.7. The molecule has 4 rings (SSSR count). The van der Waals surface area contributed by atoms with Crippen LogP contribution in [0.3, 0.4) is 0 Å². The Morgan fingerprint density at radius 1 is 1.06 bits per heavy atom. The highest BCUT2D eigenvalue weighted by atomic mass is 32.2. The van der Waals surface area contributed by atoms with Gasteiger partial charge >= 0.3 is 0 Å². The zero-order chi connectivity index (χ0) is 25.5. The maximum Gasteiger partial charge on any atom is 0.251 e. The van der Waals surface area contributed by atoms with E-state index in [4.69, 9.17) is 0 Å². The Labute approximate surface area is 216 Å². The molecule has 1 saturated heterocycles. The van der Waals surface area contributed by atoms with Gasteiger partial charge in [0.25, 0.3) is 5.91 Å². The molecule has 188 valence electrons. The fourth-order valence-electron chi connectivity index (χ4n) is 4.40. The highest BCUT2D eigenvalue weighted by molar-refractivity contribution is 7.81. The zero-order valence-corrected chi connectivity index (χ0v) is 21.9. The molecule has 0 bridgehead atoms. The topological polar surface area (TPSA) is 67.2 Å². The summed E-state index contributed by atoms with van der Waals surface area (Å²) < 4.78 is 16.5. The lowest BCUT2D eigenvalue weighted by Gasteiger charge is -2.25. The lowest BCUT2D eigenvalue weighted by atomic mass is 10.0. The number of nitrogens with one attached hydrogen (secondary N) is 1. The van der Waals surface area contributed by atoms with Crippen LogP contribution in [0, 0.1) is 6.92 Å². The van der Waals surface area contributed by atoms with Crippen LogP contribution in [0.2, 0.25) is 0 Å². The molecule has 1 N–H and O–H groups in total. The van der Waals surface area contributed by atoms with Crippen molar-refractivity contribution in [3.8, 4) is 5.69 Å². The monoisotopic (exact) mass is 502 g/mol. The number of hydrogen-bond acceptors (Lipinski definition) is 3. The van der Waals surface area contributed by atoms with Gasteiger partial charge in [-0.1, -0.05) is 61.0 Å². The number of piperidine rings is 1. The Balaban J connectivity index is 1.39. The van der Waals surface area contributed by atoms with E-state index >= 15 is 0 Å². The van der Waals surface area contributed by atoms with Crippen LogP contribution in [-0.2, 0) is 28.1 Å². The molecule has 0 radical (unpaired) electrons. The normalized spacial score (nSPS) is 15.4. The van der Waals surface area contributed by atoms with Gasteiger partial charge in [-0.2, -0.15) is 5.10 Å². The minimum Gasteiger partial charge on any atom is -0.348 e. The molecular weight excluding hydrogens is 468 g/mol. The van der Waals surface area contributed by atoms with Crippen molar-refractivity contribution in [2.45, 2.75) is 45.4 Å². The van der Waals surface area contributed by atoms with Crippen molar-refractivity contribution in [3.05, 3.63) is 95.3 Å². The number of hydrogen-bond donors (Lipinski definition) is 1. The molecule has 0 aliphatic carbocycles. The number of amides is 1. The molecule has 1 unspecified atom stereocenters. The average Bonchev–Trinajstić information content (AvgIpc) is 3.33. The fraction of sp³-hybridized carbons (Fsp3) is 0.310. The van der Waals surface area contributed by atoms with Crippen molar-refractivity contribution in [2.24, 2.45) is 0 Å². The maximum absolute atomic E-state index is 13.1. The van der Waals surface area contributed by atoms with Crippen LogP contribution in [0.15, 0.2) is 67.4 Å². The van der Waals surface area contributed by atoms with Gasteiger partial charge in [-0.3, -0.25) is 4.79 Å². The van der Waals surface area contributed by atoms with E-state index in [-0.39, 0.29) is 5.91 Å². The summed E-state index contributed by atoms with van der Waals surface area (Å²) in [6.07, 6.45) is 8.72. The first kappa shape index (κ1) is 25.8. The molecule has 0 saturated carbocycles. The summed E-state index contributed by atoms with van der Waals surface area (Å²) in [5.41, 5.74) is 6.18. The molecular formula is C29H34N4O2S. The standard InChI is InChI=1S/C29H34N4O2S/c1-4-26(27-20-31-33(28(27)5-2)25-15-9-22(3)10-16-25)29(34)30-19-23-11-13-24(14-12-23)21-36(35)32-17-7-6-8-18-32/h4-5,9-16,20H,2,6-8,17-19,21H2,1,3H3,(H,30,34)/b26-4+. The SMILES string of the molecule is C=Cc1c(/C(=C\C)C(=O)NCc2ccc(CS(=O)N3CCCCC3)cc2)cnn1-c1ccc(C)cc1. The van der Waals surface area contributed by atoms with Crippen LogP contribution in [0.1, 0.15) is 54.1 Å². The van der Waals surface area contributed by atoms with E-state index in [0.717, 1.165) is 54.0 Å². The second-order valence-electron chi connectivity index (χ2n) is 9.05. The number of carbonyl (C=O) groups is 1. The summed E-state index contributed by atoms with van der Waals surface area (Å²) >= 11 is 0. The van der Waals surface area contributed by atoms with Crippen molar-refractivity contribution in [3.63, 3.8) is 0 Å². The molecule has 1 amide bonds. The predicted molar refractivity (Wildman–Crippen MR) is 148 cm³/mol. The summed E-state index contributed by atoms with van der Waals surface area (Å²) in [5, 5.41) is 7.54. The highest BCUT2D eigenvalue weighted by Gasteiger charge is 2.19. The lowest BCUT2D eigenvalue weighted by Crippen LogP contribution is -2.32. The average molecular weight is 503 g/mol. The van der Waals surface area contributed by atoms with Crippen LogP contribution in [0.5, 0.6) is 0 Å². The van der Waals surface area contributed by atoms with E-state index < -0.39 is 11.0 Å². The Hall–Kier alpha value is -3.29. The number of rotatable bonds is 9. The number of carbonyl (C=O) groups excluding carboxylic acids is 1. The minimum atomic E-state index is -0.980. The molecule has 1 atom stereocenters. The molecule has 36 heavy (non-hydrogen) atoms. The van der Waals surface area contributed by atoms with Gasteiger partial charge in [-0.25, -0.2) is 13.2 Å². The first-order valence-electron chi connectivity index (χ1n) is 12.4. The molecule has 1 aliphatic rings. The van der Waals surface area contributed by atoms with E-state index in [1.54, 1.807) is 23.0 Å². The van der Waals surface area contributed by atoms with Gasteiger partial charge in [-0.05, 0) is 56.0 Å². The predicted octanol–water partition coefficient (Wildman–Crippen LogP) is 5.19. The number of aryl methyl sites for hydroxylation is 1. The number of allylic oxidation sites excluding steroid dienone is 1. The van der Waals surface area contributed by atoms with E-state index in [0.29, 0.717) is 17.9 Å². The summed E-state index contributed by atoms with van der Waals surface area (Å²) in [6, 6.07) is 16.0. The third-order valence-corrected chi connectivity index (χ3v) is 7.99. The largest absolute Gasteiger partial charge is 0.348 e. The Morgan fingerprint density at radius 2 is 1.72 bits per heavy atom. The molecule has 6 nitrogen and oxygen atoms in total. The van der Waals surface area contributed by atoms with Crippen molar-refractivity contribution in [1.82, 2.24) is 19.4 Å². The van der Waals surface area contributed by atoms with Gasteiger partial charge in [0, 0.05) is 30.8 Å². The Morgan fingerprint density at radius 3 is 2.36 bits per heavy atom. The molecule has 1 aromatic heterocycles. The van der Waals surface area contributed by atoms with Crippen molar-refractivity contribution in [2.75, 3.05) is 13.1 Å². The van der Waals surface area contributed by atoms with Gasteiger partial charge < -0.3 is 5.32 Å².